The highest BCUT2D eigenvalue weighted by Gasteiger charge is 2.30. The molecule has 3 aromatic carbocycles. The molecular weight excluding hydrogens is 460 g/mol. The number of fused-ring (bicyclic) bond motifs is 1. The summed E-state index contributed by atoms with van der Waals surface area (Å²) in [6.45, 7) is 5.65. The minimum Gasteiger partial charge on any atom is -0.492 e. The minimum atomic E-state index is -4.02. The lowest BCUT2D eigenvalue weighted by Crippen LogP contribution is -2.41. The smallest absolute Gasteiger partial charge is 0.264 e. The molecule has 35 heavy (non-hydrogen) atoms. The Morgan fingerprint density at radius 3 is 2.49 bits per heavy atom. The third kappa shape index (κ3) is 5.51. The van der Waals surface area contributed by atoms with Gasteiger partial charge in [0.25, 0.3) is 10.0 Å². The van der Waals surface area contributed by atoms with E-state index < -0.39 is 10.0 Å². The van der Waals surface area contributed by atoms with Crippen LogP contribution in [-0.4, -0.2) is 27.5 Å². The molecule has 1 unspecified atom stereocenters. The normalized spacial score (nSPS) is 13.7. The van der Waals surface area contributed by atoms with Gasteiger partial charge in [-0.3, -0.25) is 9.10 Å². The van der Waals surface area contributed by atoms with E-state index in [0.29, 0.717) is 18.0 Å². The molecule has 1 N–H and O–H groups in total. The van der Waals surface area contributed by atoms with Gasteiger partial charge in [0.2, 0.25) is 5.91 Å². The average Bonchev–Trinajstić information content (AvgIpc) is 3.31. The lowest BCUT2D eigenvalue weighted by Gasteiger charge is -2.27. The topological polar surface area (TPSA) is 75.7 Å². The second-order valence-electron chi connectivity index (χ2n) is 8.90. The molecule has 1 aliphatic rings. The molecule has 1 amide bonds. The second-order valence-corrected chi connectivity index (χ2v) is 10.8. The highest BCUT2D eigenvalue weighted by molar-refractivity contribution is 7.92. The molecule has 0 fully saturated rings. The first-order valence-electron chi connectivity index (χ1n) is 12.0. The van der Waals surface area contributed by atoms with Crippen LogP contribution in [0.1, 0.15) is 48.6 Å². The maximum Gasteiger partial charge on any atom is 0.264 e. The summed E-state index contributed by atoms with van der Waals surface area (Å²) in [5.74, 6) is 0.0187. The predicted octanol–water partition coefficient (Wildman–Crippen LogP) is 4.96. The Labute approximate surface area is 208 Å². The molecule has 3 aromatic rings. The Morgan fingerprint density at radius 2 is 1.74 bits per heavy atom. The van der Waals surface area contributed by atoms with Crippen LogP contribution in [0.25, 0.3) is 0 Å². The van der Waals surface area contributed by atoms with Gasteiger partial charge in [-0.25, -0.2) is 8.42 Å². The average molecular weight is 493 g/mol. The monoisotopic (exact) mass is 492 g/mol. The Hall–Kier alpha value is -3.32. The number of nitrogens with one attached hydrogen (secondary N) is 1. The van der Waals surface area contributed by atoms with E-state index in [0.717, 1.165) is 34.7 Å². The number of sulfonamides is 1. The van der Waals surface area contributed by atoms with Crippen molar-refractivity contribution in [2.45, 2.75) is 51.0 Å². The first kappa shape index (κ1) is 24.8. The van der Waals surface area contributed by atoms with Crippen molar-refractivity contribution in [1.82, 2.24) is 5.32 Å². The third-order valence-electron chi connectivity index (χ3n) is 6.33. The predicted molar refractivity (Wildman–Crippen MR) is 138 cm³/mol. The van der Waals surface area contributed by atoms with Gasteiger partial charge in [0, 0.05) is 0 Å². The van der Waals surface area contributed by atoms with Gasteiger partial charge in [0.1, 0.15) is 12.3 Å². The van der Waals surface area contributed by atoms with E-state index in [4.69, 9.17) is 4.74 Å². The van der Waals surface area contributed by atoms with E-state index >= 15 is 0 Å². The maximum atomic E-state index is 13.7. The molecule has 0 bridgehead atoms. The molecular formula is C28H32N2O4S. The molecule has 6 nitrogen and oxygen atoms in total. The minimum absolute atomic E-state index is 0.119. The standard InChI is InChI=1S/C28H32N2O4S/c1-4-34-27-11-6-5-10-26(27)30(35(32,33)25-16-12-20(2)13-17-25)19-28(31)29-21(3)23-15-14-22-8-7-9-24(22)18-23/h5-6,10-18,21H,4,7-9,19H2,1-3H3,(H,29,31). The van der Waals surface area contributed by atoms with Gasteiger partial charge in [-0.1, -0.05) is 48.0 Å². The molecule has 184 valence electrons. The summed E-state index contributed by atoms with van der Waals surface area (Å²) in [7, 11) is -4.02. The van der Waals surface area contributed by atoms with E-state index in [9.17, 15) is 13.2 Å². The third-order valence-corrected chi connectivity index (χ3v) is 8.10. The first-order valence-corrected chi connectivity index (χ1v) is 13.5. The Morgan fingerprint density at radius 1 is 1.03 bits per heavy atom. The number of amides is 1. The number of benzene rings is 3. The molecule has 0 aromatic heterocycles. The molecule has 0 radical (unpaired) electrons. The Kier molecular flexibility index (Phi) is 7.45. The number of anilines is 1. The van der Waals surface area contributed by atoms with Gasteiger partial charge < -0.3 is 10.1 Å². The zero-order valence-electron chi connectivity index (χ0n) is 20.5. The van der Waals surface area contributed by atoms with Crippen LogP contribution in [0.3, 0.4) is 0 Å². The van der Waals surface area contributed by atoms with Gasteiger partial charge in [0.05, 0.1) is 23.2 Å². The van der Waals surface area contributed by atoms with Crippen LogP contribution < -0.4 is 14.4 Å². The van der Waals surface area contributed by atoms with Gasteiger partial charge in [-0.15, -0.1) is 0 Å². The van der Waals surface area contributed by atoms with Crippen LogP contribution in [0, 0.1) is 6.92 Å². The Balaban J connectivity index is 1.62. The van der Waals surface area contributed by atoms with Crippen molar-refractivity contribution >= 4 is 21.6 Å². The molecule has 7 heteroatoms. The summed E-state index contributed by atoms with van der Waals surface area (Å²) in [6, 6.07) is 19.6. The maximum absolute atomic E-state index is 13.7. The fraction of sp³-hybridized carbons (Fsp3) is 0.321. The van der Waals surface area contributed by atoms with Crippen LogP contribution in [0.5, 0.6) is 5.75 Å². The summed E-state index contributed by atoms with van der Waals surface area (Å²) in [4.78, 5) is 13.3. The van der Waals surface area contributed by atoms with Gasteiger partial charge in [-0.2, -0.15) is 0 Å². The number of carbonyl (C=O) groups excluding carboxylic acids is 1. The van der Waals surface area contributed by atoms with Crippen molar-refractivity contribution in [2.75, 3.05) is 17.5 Å². The van der Waals surface area contributed by atoms with E-state index in [1.54, 1.807) is 48.5 Å². The number of para-hydroxylation sites is 2. The van der Waals surface area contributed by atoms with Crippen LogP contribution in [0.4, 0.5) is 5.69 Å². The highest BCUT2D eigenvalue weighted by Crippen LogP contribution is 2.33. The summed E-state index contributed by atoms with van der Waals surface area (Å²) >= 11 is 0. The van der Waals surface area contributed by atoms with Crippen molar-refractivity contribution < 1.29 is 17.9 Å². The molecule has 0 aliphatic heterocycles. The number of hydrogen-bond acceptors (Lipinski definition) is 4. The van der Waals surface area contributed by atoms with Crippen molar-refractivity contribution in [3.05, 3.63) is 89.0 Å². The molecule has 0 saturated heterocycles. The van der Waals surface area contributed by atoms with Gasteiger partial charge in [-0.05, 0) is 81.0 Å². The zero-order valence-corrected chi connectivity index (χ0v) is 21.3. The SMILES string of the molecule is CCOc1ccccc1N(CC(=O)NC(C)c1ccc2c(c1)CCC2)S(=O)(=O)c1ccc(C)cc1. The number of nitrogens with zero attached hydrogens (tertiary/aromatic N) is 1. The lowest BCUT2D eigenvalue weighted by atomic mass is 10.0. The van der Waals surface area contributed by atoms with Gasteiger partial charge in [0.15, 0.2) is 0 Å². The summed E-state index contributed by atoms with van der Waals surface area (Å²) in [5, 5.41) is 2.99. The van der Waals surface area contributed by atoms with E-state index in [-0.39, 0.29) is 23.4 Å². The fourth-order valence-electron chi connectivity index (χ4n) is 4.44. The van der Waals surface area contributed by atoms with Crippen molar-refractivity contribution in [3.63, 3.8) is 0 Å². The molecule has 0 spiro atoms. The Bertz CT molecular complexity index is 1300. The largest absolute Gasteiger partial charge is 0.492 e. The van der Waals surface area contributed by atoms with Crippen LogP contribution in [0.15, 0.2) is 71.6 Å². The van der Waals surface area contributed by atoms with Crippen LogP contribution >= 0.6 is 0 Å². The number of hydrogen-bond donors (Lipinski definition) is 1. The number of carbonyl (C=O) groups is 1. The molecule has 4 rings (SSSR count). The lowest BCUT2D eigenvalue weighted by molar-refractivity contribution is -0.120. The van der Waals surface area contributed by atoms with Crippen LogP contribution in [-0.2, 0) is 27.7 Å². The number of rotatable bonds is 9. The van der Waals surface area contributed by atoms with E-state index in [2.05, 4.69) is 17.4 Å². The molecule has 1 aliphatic carbocycles. The van der Waals surface area contributed by atoms with E-state index in [1.807, 2.05) is 26.8 Å². The summed E-state index contributed by atoms with van der Waals surface area (Å²) in [5.41, 5.74) is 5.00. The van der Waals surface area contributed by atoms with Crippen LogP contribution in [0.2, 0.25) is 0 Å². The summed E-state index contributed by atoms with van der Waals surface area (Å²) < 4.78 is 34.3. The van der Waals surface area contributed by atoms with Crippen molar-refractivity contribution in [2.24, 2.45) is 0 Å². The molecule has 0 heterocycles. The van der Waals surface area contributed by atoms with Crippen molar-refractivity contribution in [1.29, 1.82) is 0 Å². The zero-order chi connectivity index (χ0) is 25.0. The molecule has 0 saturated carbocycles. The van der Waals surface area contributed by atoms with Crippen molar-refractivity contribution in [3.8, 4) is 5.75 Å². The van der Waals surface area contributed by atoms with Gasteiger partial charge >= 0.3 is 0 Å². The number of ether oxygens (including phenoxy) is 1. The molecule has 1 atom stereocenters. The first-order chi connectivity index (χ1) is 16.8. The van der Waals surface area contributed by atoms with E-state index in [1.165, 1.54) is 11.1 Å². The second kappa shape index (κ2) is 10.5. The summed E-state index contributed by atoms with van der Waals surface area (Å²) in [6.07, 6.45) is 3.31. The highest BCUT2D eigenvalue weighted by atomic mass is 32.2. The fourth-order valence-corrected chi connectivity index (χ4v) is 5.87. The number of aryl methyl sites for hydroxylation is 3. The quantitative estimate of drug-likeness (QED) is 0.458.